The standard InChI is InChI=1S/C16H24N4O2S/c1-5-20(6-2)12(13-8-7-9-22-13)10-18-15(21)14-11(3)19-23-16(14)17-4/h7-9,12,17H,5-6,10H2,1-4H3,(H,18,21)/t12-/m1/s1. The highest BCUT2D eigenvalue weighted by molar-refractivity contribution is 7.10. The van der Waals surface area contributed by atoms with Gasteiger partial charge in [0.1, 0.15) is 10.8 Å². The third-order valence-corrected chi connectivity index (χ3v) is 4.85. The van der Waals surface area contributed by atoms with E-state index in [0.717, 1.165) is 29.5 Å². The topological polar surface area (TPSA) is 70.4 Å². The highest BCUT2D eigenvalue weighted by Crippen LogP contribution is 2.24. The van der Waals surface area contributed by atoms with Gasteiger partial charge in [0.05, 0.1) is 23.6 Å². The average molecular weight is 336 g/mol. The number of aryl methyl sites for hydroxylation is 1. The van der Waals surface area contributed by atoms with E-state index in [-0.39, 0.29) is 11.9 Å². The van der Waals surface area contributed by atoms with Gasteiger partial charge in [0, 0.05) is 13.6 Å². The third-order valence-electron chi connectivity index (χ3n) is 3.90. The quantitative estimate of drug-likeness (QED) is 0.776. The van der Waals surface area contributed by atoms with E-state index in [0.29, 0.717) is 12.1 Å². The van der Waals surface area contributed by atoms with Gasteiger partial charge in [-0.1, -0.05) is 13.8 Å². The number of rotatable bonds is 8. The minimum atomic E-state index is -0.107. The van der Waals surface area contributed by atoms with Crippen LogP contribution in [0.25, 0.3) is 0 Å². The average Bonchev–Trinajstić information content (AvgIpc) is 3.20. The van der Waals surface area contributed by atoms with Crippen LogP contribution in [0.1, 0.15) is 41.7 Å². The molecule has 0 bridgehead atoms. The van der Waals surface area contributed by atoms with Crippen molar-refractivity contribution in [2.45, 2.75) is 26.8 Å². The van der Waals surface area contributed by atoms with Gasteiger partial charge in [-0.2, -0.15) is 4.37 Å². The summed E-state index contributed by atoms with van der Waals surface area (Å²) in [6.45, 7) is 8.32. The maximum atomic E-state index is 12.5. The van der Waals surface area contributed by atoms with Crippen molar-refractivity contribution in [1.82, 2.24) is 14.6 Å². The van der Waals surface area contributed by atoms with Crippen molar-refractivity contribution < 1.29 is 9.21 Å². The normalized spacial score (nSPS) is 12.4. The maximum absolute atomic E-state index is 12.5. The molecule has 23 heavy (non-hydrogen) atoms. The zero-order valence-electron chi connectivity index (χ0n) is 14.0. The molecule has 2 N–H and O–H groups in total. The summed E-state index contributed by atoms with van der Waals surface area (Å²) >= 11 is 1.30. The van der Waals surface area contributed by atoms with Crippen LogP contribution in [-0.2, 0) is 0 Å². The van der Waals surface area contributed by atoms with E-state index in [4.69, 9.17) is 4.42 Å². The first kappa shape index (κ1) is 17.5. The van der Waals surface area contributed by atoms with Crippen LogP contribution in [0, 0.1) is 6.92 Å². The van der Waals surface area contributed by atoms with Crippen LogP contribution in [0.2, 0.25) is 0 Å². The Bertz CT molecular complexity index is 620. The Morgan fingerprint density at radius 1 is 1.43 bits per heavy atom. The molecule has 0 saturated heterocycles. The molecular weight excluding hydrogens is 312 g/mol. The first-order valence-corrected chi connectivity index (χ1v) is 8.59. The Labute approximate surface area is 141 Å². The zero-order chi connectivity index (χ0) is 16.8. The van der Waals surface area contributed by atoms with Crippen molar-refractivity contribution in [2.75, 3.05) is 32.0 Å². The second kappa shape index (κ2) is 8.12. The summed E-state index contributed by atoms with van der Waals surface area (Å²) in [4.78, 5) is 14.8. The lowest BCUT2D eigenvalue weighted by atomic mass is 10.1. The van der Waals surface area contributed by atoms with Crippen LogP contribution in [0.4, 0.5) is 5.00 Å². The maximum Gasteiger partial charge on any atom is 0.256 e. The van der Waals surface area contributed by atoms with Gasteiger partial charge in [-0.05, 0) is 43.7 Å². The molecule has 0 spiro atoms. The SMILES string of the molecule is CCN(CC)[C@H](CNC(=O)c1c(C)nsc1NC)c1ccco1. The lowest BCUT2D eigenvalue weighted by Gasteiger charge is -2.28. The van der Waals surface area contributed by atoms with Crippen LogP contribution in [0.5, 0.6) is 0 Å². The molecule has 2 aromatic rings. The molecule has 0 aliphatic rings. The lowest BCUT2D eigenvalue weighted by Crippen LogP contribution is -2.38. The molecule has 0 radical (unpaired) electrons. The van der Waals surface area contributed by atoms with E-state index in [9.17, 15) is 4.79 Å². The number of likely N-dealkylation sites (N-methyl/N-ethyl adjacent to an activating group) is 1. The van der Waals surface area contributed by atoms with Crippen molar-refractivity contribution in [3.05, 3.63) is 35.4 Å². The minimum absolute atomic E-state index is 0.0221. The molecule has 0 aliphatic heterocycles. The van der Waals surface area contributed by atoms with E-state index in [1.165, 1.54) is 11.5 Å². The van der Waals surface area contributed by atoms with Crippen molar-refractivity contribution in [2.24, 2.45) is 0 Å². The minimum Gasteiger partial charge on any atom is -0.468 e. The molecule has 0 aliphatic carbocycles. The van der Waals surface area contributed by atoms with Crippen LogP contribution in [0.3, 0.4) is 0 Å². The monoisotopic (exact) mass is 336 g/mol. The summed E-state index contributed by atoms with van der Waals surface area (Å²) < 4.78 is 9.80. The number of nitrogens with zero attached hydrogens (tertiary/aromatic N) is 2. The highest BCUT2D eigenvalue weighted by Gasteiger charge is 2.23. The molecule has 1 atom stereocenters. The van der Waals surface area contributed by atoms with E-state index in [2.05, 4.69) is 33.8 Å². The van der Waals surface area contributed by atoms with Gasteiger partial charge in [-0.25, -0.2) is 0 Å². The van der Waals surface area contributed by atoms with Gasteiger partial charge >= 0.3 is 0 Å². The number of carbonyl (C=O) groups excluding carboxylic acids is 1. The molecule has 0 saturated carbocycles. The molecule has 2 aromatic heterocycles. The van der Waals surface area contributed by atoms with Gasteiger partial charge < -0.3 is 15.1 Å². The summed E-state index contributed by atoms with van der Waals surface area (Å²) in [5.41, 5.74) is 1.37. The Kier molecular flexibility index (Phi) is 6.18. The Morgan fingerprint density at radius 3 is 2.74 bits per heavy atom. The first-order chi connectivity index (χ1) is 11.1. The third kappa shape index (κ3) is 3.92. The highest BCUT2D eigenvalue weighted by atomic mass is 32.1. The van der Waals surface area contributed by atoms with Crippen molar-refractivity contribution in [1.29, 1.82) is 0 Å². The van der Waals surface area contributed by atoms with Gasteiger partial charge in [0.15, 0.2) is 0 Å². The van der Waals surface area contributed by atoms with Gasteiger partial charge in [0.25, 0.3) is 5.91 Å². The second-order valence-corrected chi connectivity index (χ2v) is 5.96. The predicted molar refractivity (Wildman–Crippen MR) is 93.1 cm³/mol. The van der Waals surface area contributed by atoms with Crippen molar-refractivity contribution in [3.8, 4) is 0 Å². The Balaban J connectivity index is 2.12. The van der Waals surface area contributed by atoms with E-state index in [1.807, 2.05) is 19.1 Å². The molecular formula is C16H24N4O2S. The Morgan fingerprint density at radius 2 is 2.17 bits per heavy atom. The number of hydrogen-bond donors (Lipinski definition) is 2. The number of furan rings is 1. The first-order valence-electron chi connectivity index (χ1n) is 7.81. The molecule has 0 unspecified atom stereocenters. The van der Waals surface area contributed by atoms with Crippen molar-refractivity contribution in [3.63, 3.8) is 0 Å². The van der Waals surface area contributed by atoms with Crippen molar-refractivity contribution >= 4 is 22.4 Å². The Hall–Kier alpha value is -1.86. The fourth-order valence-electron chi connectivity index (χ4n) is 2.64. The molecule has 1 amide bonds. The molecule has 2 heterocycles. The van der Waals surface area contributed by atoms with Crippen LogP contribution in [0.15, 0.2) is 22.8 Å². The fraction of sp³-hybridized carbons (Fsp3) is 0.500. The number of hydrogen-bond acceptors (Lipinski definition) is 6. The second-order valence-electron chi connectivity index (χ2n) is 5.18. The molecule has 0 fully saturated rings. The van der Waals surface area contributed by atoms with Gasteiger partial charge in [0.2, 0.25) is 0 Å². The summed E-state index contributed by atoms with van der Waals surface area (Å²) in [7, 11) is 1.80. The molecule has 2 rings (SSSR count). The lowest BCUT2D eigenvalue weighted by molar-refractivity contribution is 0.0930. The molecule has 126 valence electrons. The largest absolute Gasteiger partial charge is 0.468 e. The summed E-state index contributed by atoms with van der Waals surface area (Å²) in [5.74, 6) is 0.757. The summed E-state index contributed by atoms with van der Waals surface area (Å²) in [5, 5.41) is 6.84. The van der Waals surface area contributed by atoms with E-state index in [1.54, 1.807) is 13.3 Å². The number of anilines is 1. The van der Waals surface area contributed by atoms with Gasteiger partial charge in [-0.3, -0.25) is 9.69 Å². The van der Waals surface area contributed by atoms with Gasteiger partial charge in [-0.15, -0.1) is 0 Å². The fourth-order valence-corrected chi connectivity index (χ4v) is 3.38. The predicted octanol–water partition coefficient (Wildman–Crippen LogP) is 2.90. The summed E-state index contributed by atoms with van der Waals surface area (Å²) in [6, 6.07) is 3.85. The van der Waals surface area contributed by atoms with Crippen LogP contribution >= 0.6 is 11.5 Å². The number of nitrogens with one attached hydrogen (secondary N) is 2. The molecule has 7 heteroatoms. The number of carbonyl (C=O) groups is 1. The molecule has 0 aromatic carbocycles. The van der Waals surface area contributed by atoms with Crippen LogP contribution in [-0.4, -0.2) is 41.9 Å². The number of aromatic nitrogens is 1. The van der Waals surface area contributed by atoms with E-state index >= 15 is 0 Å². The van der Waals surface area contributed by atoms with E-state index < -0.39 is 0 Å². The number of amides is 1. The zero-order valence-corrected chi connectivity index (χ0v) is 14.9. The smallest absolute Gasteiger partial charge is 0.256 e. The molecule has 6 nitrogen and oxygen atoms in total. The summed E-state index contributed by atoms with van der Waals surface area (Å²) in [6.07, 6.45) is 1.67. The van der Waals surface area contributed by atoms with Crippen LogP contribution < -0.4 is 10.6 Å².